The summed E-state index contributed by atoms with van der Waals surface area (Å²) in [5.41, 5.74) is 3.89. The zero-order valence-corrected chi connectivity index (χ0v) is 19.8. The van der Waals surface area contributed by atoms with Gasteiger partial charge in [-0.15, -0.1) is 0 Å². The zero-order valence-electron chi connectivity index (χ0n) is 19.8. The van der Waals surface area contributed by atoms with Crippen LogP contribution in [0.1, 0.15) is 45.8 Å². The van der Waals surface area contributed by atoms with Crippen molar-refractivity contribution in [2.45, 2.75) is 33.2 Å². The van der Waals surface area contributed by atoms with Crippen LogP contribution in [0.4, 0.5) is 0 Å². The van der Waals surface area contributed by atoms with Gasteiger partial charge in [0.1, 0.15) is 0 Å². The maximum Gasteiger partial charge on any atom is 0.336 e. The summed E-state index contributed by atoms with van der Waals surface area (Å²) >= 11 is 0. The van der Waals surface area contributed by atoms with Crippen molar-refractivity contribution in [1.82, 2.24) is 9.13 Å². The molecule has 0 saturated carbocycles. The van der Waals surface area contributed by atoms with E-state index >= 15 is 0 Å². The molecular weight excluding hydrogens is 440 g/mol. The fourth-order valence-electron chi connectivity index (χ4n) is 4.21. The lowest BCUT2D eigenvalue weighted by Crippen LogP contribution is -2.30. The topological polar surface area (TPSA) is 81.3 Å². The summed E-state index contributed by atoms with van der Waals surface area (Å²) in [6, 6.07) is 23.8. The normalized spacial score (nSPS) is 11.1. The molecule has 0 unspecified atom stereocenters. The third-order valence-corrected chi connectivity index (χ3v) is 5.91. The number of carbonyl (C=O) groups excluding carboxylic acids is 1. The van der Waals surface area contributed by atoms with Crippen LogP contribution in [-0.4, -0.2) is 26.1 Å². The molecule has 0 aliphatic rings. The summed E-state index contributed by atoms with van der Waals surface area (Å²) in [4.78, 5) is 37.8. The largest absolute Gasteiger partial charge is 0.478 e. The third kappa shape index (κ3) is 5.49. The molecule has 35 heavy (non-hydrogen) atoms. The first-order valence-electron chi connectivity index (χ1n) is 11.6. The van der Waals surface area contributed by atoms with Gasteiger partial charge in [-0.2, -0.15) is 0 Å². The first-order chi connectivity index (χ1) is 16.8. The monoisotopic (exact) mass is 468 g/mol. The van der Waals surface area contributed by atoms with Gasteiger partial charge in [-0.05, 0) is 40.7 Å². The highest BCUT2D eigenvalue weighted by Crippen LogP contribution is 2.24. The molecule has 0 aliphatic heterocycles. The van der Waals surface area contributed by atoms with Gasteiger partial charge < -0.3 is 5.11 Å². The molecule has 0 spiro atoms. The van der Waals surface area contributed by atoms with E-state index in [4.69, 9.17) is 0 Å². The lowest BCUT2D eigenvalue weighted by Gasteiger charge is -2.11. The van der Waals surface area contributed by atoms with E-state index in [0.29, 0.717) is 24.4 Å². The molecule has 0 bridgehead atoms. The molecule has 178 valence electrons. The molecule has 3 aromatic carbocycles. The van der Waals surface area contributed by atoms with Crippen molar-refractivity contribution in [2.75, 3.05) is 0 Å². The Balaban J connectivity index is 1.63. The maximum atomic E-state index is 13.3. The SMILES string of the molecule is CC(C)Cc1cn(C(=O)Cc2ccccc2)c(=O)n1Cc1ccc(-c2ccccc2C(=O)O)cc1. The van der Waals surface area contributed by atoms with Crippen LogP contribution in [0.3, 0.4) is 0 Å². The molecule has 0 aliphatic carbocycles. The molecule has 0 radical (unpaired) electrons. The van der Waals surface area contributed by atoms with Crippen LogP contribution in [-0.2, 0) is 19.4 Å². The number of hydrogen-bond donors (Lipinski definition) is 1. The van der Waals surface area contributed by atoms with Crippen molar-refractivity contribution in [3.8, 4) is 11.1 Å². The Morgan fingerprint density at radius 1 is 0.857 bits per heavy atom. The number of rotatable bonds is 8. The molecule has 4 aromatic rings. The van der Waals surface area contributed by atoms with Gasteiger partial charge in [-0.1, -0.05) is 86.6 Å². The summed E-state index contributed by atoms with van der Waals surface area (Å²) in [5, 5.41) is 9.48. The number of carbonyl (C=O) groups is 2. The van der Waals surface area contributed by atoms with Gasteiger partial charge in [-0.25, -0.2) is 14.2 Å². The lowest BCUT2D eigenvalue weighted by atomic mass is 9.98. The smallest absolute Gasteiger partial charge is 0.336 e. The number of aromatic carboxylic acids is 1. The Kier molecular flexibility index (Phi) is 7.11. The van der Waals surface area contributed by atoms with Gasteiger partial charge in [0.05, 0.1) is 18.5 Å². The van der Waals surface area contributed by atoms with E-state index in [1.54, 1.807) is 29.0 Å². The molecule has 4 rings (SSSR count). The molecule has 6 nitrogen and oxygen atoms in total. The molecule has 1 N–H and O–H groups in total. The highest BCUT2D eigenvalue weighted by Gasteiger charge is 2.18. The molecule has 0 saturated heterocycles. The number of carboxylic acid groups (broad SMARTS) is 1. The lowest BCUT2D eigenvalue weighted by molar-refractivity contribution is 0.0697. The number of benzene rings is 3. The van der Waals surface area contributed by atoms with E-state index < -0.39 is 5.97 Å². The van der Waals surface area contributed by atoms with E-state index in [0.717, 1.165) is 22.4 Å². The van der Waals surface area contributed by atoms with E-state index in [1.165, 1.54) is 4.57 Å². The Hall–Kier alpha value is -4.19. The molecule has 1 aromatic heterocycles. The second kappa shape index (κ2) is 10.4. The van der Waals surface area contributed by atoms with Gasteiger partial charge in [0, 0.05) is 11.9 Å². The van der Waals surface area contributed by atoms with Crippen LogP contribution in [0.5, 0.6) is 0 Å². The van der Waals surface area contributed by atoms with Gasteiger partial charge in [0.2, 0.25) is 5.91 Å². The van der Waals surface area contributed by atoms with Crippen molar-refractivity contribution < 1.29 is 14.7 Å². The highest BCUT2D eigenvalue weighted by atomic mass is 16.4. The Bertz CT molecular complexity index is 1400. The second-order valence-corrected chi connectivity index (χ2v) is 9.06. The highest BCUT2D eigenvalue weighted by molar-refractivity contribution is 5.96. The van der Waals surface area contributed by atoms with Crippen LogP contribution in [0.2, 0.25) is 0 Å². The van der Waals surface area contributed by atoms with E-state index in [1.807, 2.05) is 60.7 Å². The Morgan fingerprint density at radius 2 is 1.51 bits per heavy atom. The van der Waals surface area contributed by atoms with Crippen LogP contribution >= 0.6 is 0 Å². The standard InChI is InChI=1S/C29H28N2O4/c1-20(2)16-24-19-31(27(32)17-21-8-4-3-5-9-21)29(35)30(24)18-22-12-14-23(15-13-22)25-10-6-7-11-26(25)28(33)34/h3-15,19-20H,16-18H2,1-2H3,(H,33,34). The fraction of sp³-hybridized carbons (Fsp3) is 0.207. The zero-order chi connectivity index (χ0) is 24.9. The molecule has 0 fully saturated rings. The average Bonchev–Trinajstić information content (AvgIpc) is 3.14. The number of hydrogen-bond acceptors (Lipinski definition) is 3. The fourth-order valence-corrected chi connectivity index (χ4v) is 4.21. The van der Waals surface area contributed by atoms with Crippen LogP contribution in [0.15, 0.2) is 89.9 Å². The summed E-state index contributed by atoms with van der Waals surface area (Å²) in [7, 11) is 0. The van der Waals surface area contributed by atoms with E-state index in [-0.39, 0.29) is 23.6 Å². The van der Waals surface area contributed by atoms with Crippen molar-refractivity contribution in [3.63, 3.8) is 0 Å². The summed E-state index contributed by atoms with van der Waals surface area (Å²) in [6.45, 7) is 4.48. The number of imidazole rings is 1. The molecule has 6 heteroatoms. The second-order valence-electron chi connectivity index (χ2n) is 9.06. The quantitative estimate of drug-likeness (QED) is 0.388. The Labute approximate surface area is 204 Å². The summed E-state index contributed by atoms with van der Waals surface area (Å²) in [6.07, 6.45) is 2.50. The van der Waals surface area contributed by atoms with Crippen molar-refractivity contribution in [3.05, 3.63) is 118 Å². The molecule has 1 heterocycles. The van der Waals surface area contributed by atoms with Gasteiger partial charge >= 0.3 is 11.7 Å². The maximum absolute atomic E-state index is 13.3. The minimum Gasteiger partial charge on any atom is -0.478 e. The minimum atomic E-state index is -0.976. The van der Waals surface area contributed by atoms with Crippen molar-refractivity contribution >= 4 is 11.9 Å². The van der Waals surface area contributed by atoms with E-state index in [2.05, 4.69) is 13.8 Å². The number of aromatic nitrogens is 2. The van der Waals surface area contributed by atoms with Gasteiger partial charge in [-0.3, -0.25) is 9.36 Å². The average molecular weight is 469 g/mol. The Morgan fingerprint density at radius 3 is 2.17 bits per heavy atom. The molecule has 0 atom stereocenters. The van der Waals surface area contributed by atoms with Gasteiger partial charge in [0.15, 0.2) is 0 Å². The molecule has 0 amide bonds. The predicted octanol–water partition coefficient (Wildman–Crippen LogP) is 5.14. The van der Waals surface area contributed by atoms with Crippen molar-refractivity contribution in [1.29, 1.82) is 0 Å². The van der Waals surface area contributed by atoms with Crippen molar-refractivity contribution in [2.24, 2.45) is 5.92 Å². The first kappa shape index (κ1) is 24.0. The predicted molar refractivity (Wildman–Crippen MR) is 136 cm³/mol. The number of nitrogens with zero attached hydrogens (tertiary/aromatic N) is 2. The number of carboxylic acids is 1. The summed E-state index contributed by atoms with van der Waals surface area (Å²) < 4.78 is 2.88. The molecular formula is C29H28N2O4. The van der Waals surface area contributed by atoms with E-state index in [9.17, 15) is 19.5 Å². The summed E-state index contributed by atoms with van der Waals surface area (Å²) in [5.74, 6) is -0.919. The third-order valence-electron chi connectivity index (χ3n) is 5.91. The van der Waals surface area contributed by atoms with Gasteiger partial charge in [0.25, 0.3) is 0 Å². The minimum absolute atomic E-state index is 0.156. The van der Waals surface area contributed by atoms with Crippen LogP contribution in [0, 0.1) is 5.92 Å². The van der Waals surface area contributed by atoms with Crippen LogP contribution < -0.4 is 5.69 Å². The first-order valence-corrected chi connectivity index (χ1v) is 11.6. The van der Waals surface area contributed by atoms with Crippen LogP contribution in [0.25, 0.3) is 11.1 Å².